The average molecular weight is 852 g/mol. The van der Waals surface area contributed by atoms with Crippen molar-refractivity contribution in [3.8, 4) is 44.5 Å². The molecule has 13 rings (SSSR count). The zero-order valence-corrected chi connectivity index (χ0v) is 36.2. The number of anilines is 3. The highest BCUT2D eigenvalue weighted by molar-refractivity contribution is 7.26. The van der Waals surface area contributed by atoms with E-state index < -0.39 is 0 Å². The molecule has 0 N–H and O–H groups in total. The zero-order chi connectivity index (χ0) is 42.1. The maximum atomic E-state index is 7.18. The number of nitrogens with zero attached hydrogens (tertiary/aromatic N) is 1. The maximum Gasteiger partial charge on any atom is 0.145 e. The molecule has 3 heterocycles. The Hall–Kier alpha value is -7.76. The summed E-state index contributed by atoms with van der Waals surface area (Å²) in [7, 11) is 0. The lowest BCUT2D eigenvalue weighted by Crippen LogP contribution is -2.12. The molecule has 0 saturated heterocycles. The Balaban J connectivity index is 1.19. The van der Waals surface area contributed by atoms with Crippen molar-refractivity contribution < 1.29 is 4.42 Å². The van der Waals surface area contributed by atoms with Crippen LogP contribution in [0.2, 0.25) is 0 Å². The molecule has 4 heteroatoms. The zero-order valence-electron chi connectivity index (χ0n) is 34.5. The molecule has 13 aromatic rings. The number of furan rings is 1. The Morgan fingerprint density at radius 3 is 1.70 bits per heavy atom. The summed E-state index contributed by atoms with van der Waals surface area (Å²) < 4.78 is 12.3. The molecule has 0 amide bonds. The third kappa shape index (κ3) is 5.91. The number of benzene rings is 10. The highest BCUT2D eigenvalue weighted by atomic mass is 32.1. The first kappa shape index (κ1) is 36.9. The summed E-state index contributed by atoms with van der Waals surface area (Å²) in [4.78, 5) is 2.55. The van der Waals surface area contributed by atoms with Crippen LogP contribution in [0, 0.1) is 0 Å². The van der Waals surface area contributed by atoms with Crippen molar-refractivity contribution in [2.75, 3.05) is 4.90 Å². The molecule has 0 fully saturated rings. The van der Waals surface area contributed by atoms with Crippen LogP contribution >= 0.6 is 22.7 Å². The second-order valence-electron chi connectivity index (χ2n) is 16.3. The lowest BCUT2D eigenvalue weighted by atomic mass is 9.95. The molecule has 0 aliphatic rings. The van der Waals surface area contributed by atoms with Crippen LogP contribution in [0.5, 0.6) is 0 Å². The largest absolute Gasteiger partial charge is 0.455 e. The smallest absolute Gasteiger partial charge is 0.145 e. The minimum Gasteiger partial charge on any atom is -0.455 e. The summed E-state index contributed by atoms with van der Waals surface area (Å²) in [6.07, 6.45) is 0. The fraction of sp³-hybridized carbons (Fsp3) is 0. The molecule has 0 atom stereocenters. The van der Waals surface area contributed by atoms with Crippen LogP contribution in [-0.2, 0) is 0 Å². The van der Waals surface area contributed by atoms with Crippen molar-refractivity contribution in [2.24, 2.45) is 0 Å². The van der Waals surface area contributed by atoms with Crippen molar-refractivity contribution in [3.05, 3.63) is 224 Å². The van der Waals surface area contributed by atoms with Gasteiger partial charge in [0.1, 0.15) is 11.2 Å². The van der Waals surface area contributed by atoms with Gasteiger partial charge in [0.15, 0.2) is 0 Å². The Bertz CT molecular complexity index is 3890. The van der Waals surface area contributed by atoms with E-state index in [4.69, 9.17) is 4.42 Å². The Morgan fingerprint density at radius 2 is 0.953 bits per heavy atom. The van der Waals surface area contributed by atoms with Crippen molar-refractivity contribution in [3.63, 3.8) is 0 Å². The molecule has 300 valence electrons. The van der Waals surface area contributed by atoms with Gasteiger partial charge in [-0.15, -0.1) is 22.7 Å². The lowest BCUT2D eigenvalue weighted by Gasteiger charge is -2.30. The molecule has 0 aliphatic carbocycles. The van der Waals surface area contributed by atoms with Gasteiger partial charge in [-0.3, -0.25) is 0 Å². The maximum absolute atomic E-state index is 7.18. The fourth-order valence-corrected chi connectivity index (χ4v) is 12.1. The van der Waals surface area contributed by atoms with Crippen LogP contribution in [0.25, 0.3) is 107 Å². The van der Waals surface area contributed by atoms with Crippen molar-refractivity contribution in [2.45, 2.75) is 0 Å². The highest BCUT2D eigenvalue weighted by Crippen LogP contribution is 2.54. The van der Waals surface area contributed by atoms with E-state index in [1.807, 2.05) is 22.7 Å². The van der Waals surface area contributed by atoms with Crippen molar-refractivity contribution in [1.29, 1.82) is 0 Å². The summed E-state index contributed by atoms with van der Waals surface area (Å²) in [5.41, 5.74) is 14.2. The molecule has 0 saturated carbocycles. The number of hydrogen-bond donors (Lipinski definition) is 0. The normalized spacial score (nSPS) is 11.8. The third-order valence-electron chi connectivity index (χ3n) is 12.7. The Morgan fingerprint density at radius 1 is 0.344 bits per heavy atom. The highest BCUT2D eigenvalue weighted by Gasteiger charge is 2.28. The summed E-state index contributed by atoms with van der Waals surface area (Å²) >= 11 is 3.73. The first-order chi connectivity index (χ1) is 31.7. The molecule has 0 bridgehead atoms. The van der Waals surface area contributed by atoms with Gasteiger partial charge in [0.25, 0.3) is 0 Å². The number of rotatable bonds is 7. The second-order valence-corrected chi connectivity index (χ2v) is 18.5. The average Bonchev–Trinajstić information content (AvgIpc) is 4.07. The van der Waals surface area contributed by atoms with Gasteiger partial charge in [0, 0.05) is 62.5 Å². The van der Waals surface area contributed by atoms with Gasteiger partial charge in [-0.05, 0) is 88.0 Å². The molecular weight excluding hydrogens is 815 g/mol. The van der Waals surface area contributed by atoms with Crippen LogP contribution in [0.4, 0.5) is 17.1 Å². The van der Waals surface area contributed by atoms with E-state index in [1.165, 1.54) is 51.5 Å². The van der Waals surface area contributed by atoms with Gasteiger partial charge in [0.05, 0.1) is 16.8 Å². The van der Waals surface area contributed by atoms with Gasteiger partial charge in [-0.1, -0.05) is 170 Å². The van der Waals surface area contributed by atoms with E-state index in [9.17, 15) is 0 Å². The van der Waals surface area contributed by atoms with E-state index in [0.29, 0.717) is 0 Å². The third-order valence-corrected chi connectivity index (χ3v) is 15.0. The summed E-state index contributed by atoms with van der Waals surface area (Å²) in [5, 5.41) is 7.14. The van der Waals surface area contributed by atoms with Crippen LogP contribution < -0.4 is 4.90 Å². The molecule has 64 heavy (non-hydrogen) atoms. The van der Waals surface area contributed by atoms with E-state index in [1.54, 1.807) is 0 Å². The summed E-state index contributed by atoms with van der Waals surface area (Å²) in [6.45, 7) is 0. The van der Waals surface area contributed by atoms with Crippen LogP contribution in [0.1, 0.15) is 0 Å². The topological polar surface area (TPSA) is 16.4 Å². The molecule has 2 nitrogen and oxygen atoms in total. The molecule has 0 radical (unpaired) electrons. The number of thiophene rings is 2. The molecule has 0 spiro atoms. The van der Waals surface area contributed by atoms with E-state index in [-0.39, 0.29) is 0 Å². The predicted octanol–water partition coefficient (Wildman–Crippen LogP) is 18.5. The summed E-state index contributed by atoms with van der Waals surface area (Å²) in [5.74, 6) is 0. The van der Waals surface area contributed by atoms with E-state index in [2.05, 4.69) is 229 Å². The Kier molecular flexibility index (Phi) is 8.61. The molecule has 0 aliphatic heterocycles. The van der Waals surface area contributed by atoms with E-state index in [0.717, 1.165) is 72.4 Å². The quantitative estimate of drug-likeness (QED) is 0.159. The van der Waals surface area contributed by atoms with Crippen molar-refractivity contribution >= 4 is 102 Å². The molecular formula is C60H37NOS2. The fourth-order valence-electron chi connectivity index (χ4n) is 9.74. The van der Waals surface area contributed by atoms with Gasteiger partial charge < -0.3 is 9.32 Å². The second kappa shape index (κ2) is 15.0. The molecule has 0 unspecified atom stereocenters. The van der Waals surface area contributed by atoms with Crippen molar-refractivity contribution in [1.82, 2.24) is 0 Å². The lowest BCUT2D eigenvalue weighted by molar-refractivity contribution is 0.670. The number of fused-ring (bicyclic) bond motifs is 9. The minimum atomic E-state index is 0.857. The SMILES string of the molecule is c1ccc(-c2ccc3c(c2)oc2c(-c4ccccc4)ccc(N(c4ccc5sc6ccccc6c5c4)c4c(-c5ccccc5)ccc5sc6c(-c7ccccc7)cccc6c45)c23)cc1. The summed E-state index contributed by atoms with van der Waals surface area (Å²) in [6, 6.07) is 81.6. The first-order valence-electron chi connectivity index (χ1n) is 21.7. The molecule has 3 aromatic heterocycles. The standard InChI is InChI=1S/C60H37NOS2/c1-5-16-38(17-6-1)42-28-30-48-52(36-42)62-59-45(40-20-9-3-10-21-40)31-33-51(56(48)59)61(43-29-34-54-50(37-43)47-24-13-14-27-53(47)63-54)58-44(39-18-7-2-8-19-39)32-35-55-57(58)49-26-15-25-46(60(49)64-55)41-22-11-4-12-23-41/h1-37H. The van der Waals surface area contributed by atoms with Gasteiger partial charge in [0.2, 0.25) is 0 Å². The minimum absolute atomic E-state index is 0.857. The van der Waals surface area contributed by atoms with Crippen LogP contribution in [-0.4, -0.2) is 0 Å². The van der Waals surface area contributed by atoms with Gasteiger partial charge in [-0.2, -0.15) is 0 Å². The van der Waals surface area contributed by atoms with Gasteiger partial charge in [-0.25, -0.2) is 0 Å². The number of hydrogen-bond acceptors (Lipinski definition) is 4. The van der Waals surface area contributed by atoms with Crippen LogP contribution in [0.15, 0.2) is 229 Å². The van der Waals surface area contributed by atoms with Gasteiger partial charge >= 0.3 is 0 Å². The Labute approximate surface area is 378 Å². The predicted molar refractivity (Wildman–Crippen MR) is 276 cm³/mol. The first-order valence-corrected chi connectivity index (χ1v) is 23.3. The van der Waals surface area contributed by atoms with Crippen LogP contribution in [0.3, 0.4) is 0 Å². The monoisotopic (exact) mass is 851 g/mol. The van der Waals surface area contributed by atoms with E-state index >= 15 is 0 Å². The molecule has 10 aromatic carbocycles.